The fraction of sp³-hybridized carbons (Fsp3) is 0.0909. The van der Waals surface area contributed by atoms with E-state index in [1.807, 2.05) is 6.07 Å². The lowest BCUT2D eigenvalue weighted by molar-refractivity contribution is -0.104. The van der Waals surface area contributed by atoms with Crippen molar-refractivity contribution in [2.75, 3.05) is 0 Å². The van der Waals surface area contributed by atoms with Crippen molar-refractivity contribution < 1.29 is 14.3 Å². The molecule has 14 heavy (non-hydrogen) atoms. The van der Waals surface area contributed by atoms with Crippen LogP contribution in [0.4, 0.5) is 0 Å². The molecule has 3 nitrogen and oxygen atoms in total. The molecule has 0 bridgehead atoms. The summed E-state index contributed by atoms with van der Waals surface area (Å²) in [5, 5.41) is 0. The van der Waals surface area contributed by atoms with E-state index in [-0.39, 0.29) is 5.97 Å². The van der Waals surface area contributed by atoms with E-state index in [4.69, 9.17) is 4.74 Å². The van der Waals surface area contributed by atoms with Crippen molar-refractivity contribution in [3.8, 4) is 0 Å². The van der Waals surface area contributed by atoms with Crippen LogP contribution >= 0.6 is 0 Å². The zero-order valence-electron chi connectivity index (χ0n) is 7.40. The van der Waals surface area contributed by atoms with Crippen LogP contribution in [-0.4, -0.2) is 12.3 Å². The first-order valence-corrected chi connectivity index (χ1v) is 4.23. The van der Waals surface area contributed by atoms with Gasteiger partial charge in [0.15, 0.2) is 0 Å². The predicted molar refractivity (Wildman–Crippen MR) is 50.7 cm³/mol. The largest absolute Gasteiger partial charge is 0.457 e. The van der Waals surface area contributed by atoms with Gasteiger partial charge in [0.1, 0.15) is 12.9 Å². The smallest absolute Gasteiger partial charge is 0.338 e. The molecule has 0 saturated carbocycles. The van der Waals surface area contributed by atoms with Crippen LogP contribution in [0.5, 0.6) is 0 Å². The van der Waals surface area contributed by atoms with Gasteiger partial charge < -0.3 is 4.74 Å². The average Bonchev–Trinajstić information content (AvgIpc) is 2.57. The van der Waals surface area contributed by atoms with Gasteiger partial charge in [-0.25, -0.2) is 4.79 Å². The van der Waals surface area contributed by atoms with Gasteiger partial charge in [0.05, 0.1) is 5.56 Å². The van der Waals surface area contributed by atoms with Crippen molar-refractivity contribution in [1.29, 1.82) is 0 Å². The Hall–Kier alpha value is -1.90. The number of esters is 1. The van der Waals surface area contributed by atoms with E-state index in [2.05, 4.69) is 0 Å². The van der Waals surface area contributed by atoms with E-state index in [9.17, 15) is 9.59 Å². The van der Waals surface area contributed by atoms with Gasteiger partial charge in [-0.1, -0.05) is 12.1 Å². The van der Waals surface area contributed by atoms with Crippen molar-refractivity contribution in [2.24, 2.45) is 0 Å². The Balaban J connectivity index is 2.37. The molecule has 0 aliphatic carbocycles. The van der Waals surface area contributed by atoms with Gasteiger partial charge in [-0.15, -0.1) is 0 Å². The highest BCUT2D eigenvalue weighted by molar-refractivity contribution is 5.93. The fourth-order valence-corrected chi connectivity index (χ4v) is 1.41. The van der Waals surface area contributed by atoms with Crippen LogP contribution in [0.25, 0.3) is 6.08 Å². The van der Waals surface area contributed by atoms with Gasteiger partial charge in [0, 0.05) is 5.56 Å². The lowest BCUT2D eigenvalue weighted by Crippen LogP contribution is -1.92. The molecule has 0 atom stereocenters. The second kappa shape index (κ2) is 3.46. The van der Waals surface area contributed by atoms with E-state index < -0.39 is 0 Å². The van der Waals surface area contributed by atoms with E-state index >= 15 is 0 Å². The Labute approximate surface area is 81.0 Å². The van der Waals surface area contributed by atoms with Gasteiger partial charge in [-0.2, -0.15) is 0 Å². The summed E-state index contributed by atoms with van der Waals surface area (Å²) < 4.78 is 4.85. The number of benzene rings is 1. The number of hydrogen-bond acceptors (Lipinski definition) is 3. The van der Waals surface area contributed by atoms with Crippen LogP contribution in [-0.2, 0) is 16.1 Å². The monoisotopic (exact) mass is 188 g/mol. The molecule has 0 saturated heterocycles. The second-order valence-electron chi connectivity index (χ2n) is 2.99. The molecule has 0 radical (unpaired) electrons. The zero-order valence-corrected chi connectivity index (χ0v) is 7.40. The molecule has 1 aromatic rings. The highest BCUT2D eigenvalue weighted by Gasteiger charge is 2.20. The Bertz CT molecular complexity index is 419. The standard InChI is InChI=1S/C11H8O3/c12-5-1-2-8-3-4-10-9(6-8)7-14-11(10)13/h1-6H,7H2. The number of rotatable bonds is 2. The van der Waals surface area contributed by atoms with Crippen LogP contribution in [0.3, 0.4) is 0 Å². The maximum Gasteiger partial charge on any atom is 0.338 e. The molecule has 70 valence electrons. The molecule has 0 fully saturated rings. The number of hydrogen-bond donors (Lipinski definition) is 0. The van der Waals surface area contributed by atoms with Crippen molar-refractivity contribution in [3.63, 3.8) is 0 Å². The number of fused-ring (bicyclic) bond motifs is 1. The number of carbonyl (C=O) groups is 2. The molecule has 0 spiro atoms. The number of allylic oxidation sites excluding steroid dienone is 1. The van der Waals surface area contributed by atoms with E-state index in [0.717, 1.165) is 17.4 Å². The molecule has 1 aromatic carbocycles. The Morgan fingerprint density at radius 3 is 3.00 bits per heavy atom. The van der Waals surface area contributed by atoms with Crippen molar-refractivity contribution in [3.05, 3.63) is 41.0 Å². The molecule has 0 amide bonds. The summed E-state index contributed by atoms with van der Waals surface area (Å²) in [5.74, 6) is -0.272. The third-order valence-electron chi connectivity index (χ3n) is 2.08. The lowest BCUT2D eigenvalue weighted by atomic mass is 10.1. The summed E-state index contributed by atoms with van der Waals surface area (Å²) in [5.41, 5.74) is 2.39. The molecule has 1 aliphatic rings. The van der Waals surface area contributed by atoms with Gasteiger partial charge >= 0.3 is 5.97 Å². The average molecular weight is 188 g/mol. The highest BCUT2D eigenvalue weighted by Crippen LogP contribution is 2.21. The molecule has 3 heteroatoms. The quantitative estimate of drug-likeness (QED) is 0.402. The maximum absolute atomic E-state index is 11.1. The topological polar surface area (TPSA) is 43.4 Å². The Kier molecular flexibility index (Phi) is 2.14. The first kappa shape index (κ1) is 8.69. The zero-order chi connectivity index (χ0) is 9.97. The molecular formula is C11H8O3. The molecule has 2 rings (SSSR count). The SMILES string of the molecule is O=CC=Cc1ccc2c(c1)COC2=O. The third-order valence-corrected chi connectivity index (χ3v) is 2.08. The van der Waals surface area contributed by atoms with Crippen LogP contribution in [0.2, 0.25) is 0 Å². The first-order chi connectivity index (χ1) is 6.81. The van der Waals surface area contributed by atoms with Crippen molar-refractivity contribution in [1.82, 2.24) is 0 Å². The molecule has 1 heterocycles. The molecule has 0 N–H and O–H groups in total. The Morgan fingerprint density at radius 1 is 1.36 bits per heavy atom. The number of carbonyl (C=O) groups excluding carboxylic acids is 2. The molecule has 1 aliphatic heterocycles. The summed E-state index contributed by atoms with van der Waals surface area (Å²) in [6.45, 7) is 0.330. The Morgan fingerprint density at radius 2 is 2.21 bits per heavy atom. The van der Waals surface area contributed by atoms with E-state index in [0.29, 0.717) is 12.2 Å². The van der Waals surface area contributed by atoms with Gasteiger partial charge in [-0.3, -0.25) is 4.79 Å². The van der Waals surface area contributed by atoms with Crippen molar-refractivity contribution in [2.45, 2.75) is 6.61 Å². The highest BCUT2D eigenvalue weighted by atomic mass is 16.5. The normalized spacial score (nSPS) is 14.1. The third kappa shape index (κ3) is 1.44. The van der Waals surface area contributed by atoms with Crippen LogP contribution in [0, 0.1) is 0 Å². The lowest BCUT2D eigenvalue weighted by Gasteiger charge is -1.95. The number of cyclic esters (lactones) is 1. The summed E-state index contributed by atoms with van der Waals surface area (Å²) in [6.07, 6.45) is 3.82. The van der Waals surface area contributed by atoms with Crippen LogP contribution in [0.15, 0.2) is 24.3 Å². The van der Waals surface area contributed by atoms with Crippen molar-refractivity contribution >= 4 is 18.3 Å². The minimum absolute atomic E-state index is 0.272. The number of aldehydes is 1. The van der Waals surface area contributed by atoms with Gasteiger partial charge in [0.2, 0.25) is 0 Å². The summed E-state index contributed by atoms with van der Waals surface area (Å²) >= 11 is 0. The molecular weight excluding hydrogens is 180 g/mol. The fourth-order valence-electron chi connectivity index (χ4n) is 1.41. The summed E-state index contributed by atoms with van der Waals surface area (Å²) in [7, 11) is 0. The van der Waals surface area contributed by atoms with E-state index in [1.54, 1.807) is 18.2 Å². The van der Waals surface area contributed by atoms with Crippen LogP contribution < -0.4 is 0 Å². The summed E-state index contributed by atoms with van der Waals surface area (Å²) in [6, 6.07) is 5.35. The summed E-state index contributed by atoms with van der Waals surface area (Å²) in [4.78, 5) is 21.2. The maximum atomic E-state index is 11.1. The van der Waals surface area contributed by atoms with E-state index in [1.165, 1.54) is 6.08 Å². The minimum Gasteiger partial charge on any atom is -0.457 e. The van der Waals surface area contributed by atoms with Gasteiger partial charge in [0.25, 0.3) is 0 Å². The van der Waals surface area contributed by atoms with Crippen LogP contribution in [0.1, 0.15) is 21.5 Å². The predicted octanol–water partition coefficient (Wildman–Crippen LogP) is 1.57. The first-order valence-electron chi connectivity index (χ1n) is 4.23. The molecule has 0 aromatic heterocycles. The van der Waals surface area contributed by atoms with Gasteiger partial charge in [-0.05, 0) is 23.8 Å². The second-order valence-corrected chi connectivity index (χ2v) is 2.99. The number of ether oxygens (including phenoxy) is 1. The minimum atomic E-state index is -0.272. The molecule has 0 unspecified atom stereocenters.